The van der Waals surface area contributed by atoms with E-state index in [2.05, 4.69) is 41.4 Å². The van der Waals surface area contributed by atoms with Crippen LogP contribution < -0.4 is 5.32 Å². The van der Waals surface area contributed by atoms with Gasteiger partial charge in [0.15, 0.2) is 0 Å². The van der Waals surface area contributed by atoms with Crippen molar-refractivity contribution in [2.75, 3.05) is 18.4 Å². The van der Waals surface area contributed by atoms with Crippen LogP contribution >= 0.6 is 0 Å². The molecule has 154 valence electrons. The molecule has 4 rings (SSSR count). The molecule has 1 heterocycles. The SMILES string of the molecule is Cc1cccc(CN2CCC(OC(=O)Nc3ccccc3-c3ccccc3)CC2)c1. The van der Waals surface area contributed by atoms with Gasteiger partial charge in [-0.15, -0.1) is 0 Å². The molecular weight excluding hydrogens is 372 g/mol. The number of hydrogen-bond acceptors (Lipinski definition) is 3. The monoisotopic (exact) mass is 400 g/mol. The second kappa shape index (κ2) is 9.59. The Balaban J connectivity index is 1.30. The third-order valence-electron chi connectivity index (χ3n) is 5.55. The number of nitrogens with zero attached hydrogens (tertiary/aromatic N) is 1. The zero-order chi connectivity index (χ0) is 20.8. The van der Waals surface area contributed by atoms with Crippen LogP contribution in [0.25, 0.3) is 11.1 Å². The summed E-state index contributed by atoms with van der Waals surface area (Å²) >= 11 is 0. The van der Waals surface area contributed by atoms with Gasteiger partial charge in [0, 0.05) is 25.2 Å². The van der Waals surface area contributed by atoms with Crippen LogP contribution in [0.1, 0.15) is 24.0 Å². The number of carbonyl (C=O) groups is 1. The summed E-state index contributed by atoms with van der Waals surface area (Å²) in [6.07, 6.45) is 1.30. The predicted molar refractivity (Wildman–Crippen MR) is 121 cm³/mol. The molecule has 0 unspecified atom stereocenters. The summed E-state index contributed by atoms with van der Waals surface area (Å²) in [6, 6.07) is 26.5. The van der Waals surface area contributed by atoms with E-state index in [-0.39, 0.29) is 12.2 Å². The molecule has 4 heteroatoms. The van der Waals surface area contributed by atoms with E-state index in [9.17, 15) is 4.79 Å². The molecule has 3 aromatic rings. The van der Waals surface area contributed by atoms with Crippen LogP contribution in [0.5, 0.6) is 0 Å². The third kappa shape index (κ3) is 5.28. The molecule has 3 aromatic carbocycles. The van der Waals surface area contributed by atoms with E-state index < -0.39 is 0 Å². The van der Waals surface area contributed by atoms with Crippen molar-refractivity contribution in [3.63, 3.8) is 0 Å². The first kappa shape index (κ1) is 20.2. The standard InChI is InChI=1S/C26H28N2O2/c1-20-8-7-9-21(18-20)19-28-16-14-23(15-17-28)30-26(29)27-25-13-6-5-12-24(25)22-10-3-2-4-11-22/h2-13,18,23H,14-17,19H2,1H3,(H,27,29). The van der Waals surface area contributed by atoms with Crippen LogP contribution in [0.3, 0.4) is 0 Å². The van der Waals surface area contributed by atoms with Crippen molar-refractivity contribution >= 4 is 11.8 Å². The van der Waals surface area contributed by atoms with E-state index in [4.69, 9.17) is 4.74 Å². The molecule has 1 N–H and O–H groups in total. The van der Waals surface area contributed by atoms with Crippen molar-refractivity contribution in [2.24, 2.45) is 0 Å². The molecule has 1 saturated heterocycles. The van der Waals surface area contributed by atoms with E-state index in [0.29, 0.717) is 0 Å². The Morgan fingerprint density at radius 1 is 0.967 bits per heavy atom. The second-order valence-electron chi connectivity index (χ2n) is 7.91. The Hall–Kier alpha value is -3.11. The average molecular weight is 401 g/mol. The first-order chi connectivity index (χ1) is 14.7. The van der Waals surface area contributed by atoms with Gasteiger partial charge in [0.05, 0.1) is 5.69 Å². The van der Waals surface area contributed by atoms with E-state index >= 15 is 0 Å². The zero-order valence-corrected chi connectivity index (χ0v) is 17.4. The maximum atomic E-state index is 12.5. The van der Waals surface area contributed by atoms with Crippen LogP contribution in [-0.4, -0.2) is 30.2 Å². The second-order valence-corrected chi connectivity index (χ2v) is 7.91. The van der Waals surface area contributed by atoms with Gasteiger partial charge >= 0.3 is 6.09 Å². The molecule has 1 aliphatic heterocycles. The minimum Gasteiger partial charge on any atom is -0.446 e. The van der Waals surface area contributed by atoms with Crippen molar-refractivity contribution in [3.05, 3.63) is 90.0 Å². The number of carbonyl (C=O) groups excluding carboxylic acids is 1. The largest absolute Gasteiger partial charge is 0.446 e. The minimum atomic E-state index is -0.379. The van der Waals surface area contributed by atoms with Gasteiger partial charge < -0.3 is 4.74 Å². The van der Waals surface area contributed by atoms with Gasteiger partial charge in [-0.1, -0.05) is 78.4 Å². The van der Waals surface area contributed by atoms with Crippen LogP contribution in [0, 0.1) is 6.92 Å². The molecule has 0 saturated carbocycles. The van der Waals surface area contributed by atoms with Crippen LogP contribution in [0.4, 0.5) is 10.5 Å². The molecule has 30 heavy (non-hydrogen) atoms. The van der Waals surface area contributed by atoms with Crippen molar-refractivity contribution in [3.8, 4) is 11.1 Å². The molecule has 1 amide bonds. The van der Waals surface area contributed by atoms with Gasteiger partial charge in [0.2, 0.25) is 0 Å². The van der Waals surface area contributed by atoms with Gasteiger partial charge in [-0.25, -0.2) is 4.79 Å². The first-order valence-corrected chi connectivity index (χ1v) is 10.6. The lowest BCUT2D eigenvalue weighted by Crippen LogP contribution is -2.38. The number of anilines is 1. The Kier molecular flexibility index (Phi) is 6.45. The predicted octanol–water partition coefficient (Wildman–Crippen LogP) is 5.88. The van der Waals surface area contributed by atoms with Gasteiger partial charge in [-0.3, -0.25) is 10.2 Å². The molecular formula is C26H28N2O2. The number of likely N-dealkylation sites (tertiary alicyclic amines) is 1. The number of hydrogen-bond donors (Lipinski definition) is 1. The maximum absolute atomic E-state index is 12.5. The quantitative estimate of drug-likeness (QED) is 0.582. The normalized spacial score (nSPS) is 15.0. The molecule has 0 bridgehead atoms. The van der Waals surface area contributed by atoms with Crippen molar-refractivity contribution in [2.45, 2.75) is 32.4 Å². The summed E-state index contributed by atoms with van der Waals surface area (Å²) in [5.41, 5.74) is 5.45. The number of ether oxygens (including phenoxy) is 1. The van der Waals surface area contributed by atoms with E-state index in [1.807, 2.05) is 54.6 Å². The number of aryl methyl sites for hydroxylation is 1. The fourth-order valence-electron chi connectivity index (χ4n) is 4.01. The summed E-state index contributed by atoms with van der Waals surface area (Å²) in [6.45, 7) is 4.95. The molecule has 0 spiro atoms. The molecule has 0 radical (unpaired) electrons. The average Bonchev–Trinajstić information content (AvgIpc) is 2.76. The smallest absolute Gasteiger partial charge is 0.411 e. The summed E-state index contributed by atoms with van der Waals surface area (Å²) < 4.78 is 5.73. The number of benzene rings is 3. The summed E-state index contributed by atoms with van der Waals surface area (Å²) in [4.78, 5) is 15.0. The highest BCUT2D eigenvalue weighted by Gasteiger charge is 2.22. The van der Waals surface area contributed by atoms with Crippen molar-refractivity contribution in [1.82, 2.24) is 4.90 Å². The molecule has 1 fully saturated rings. The van der Waals surface area contributed by atoms with Crippen molar-refractivity contribution < 1.29 is 9.53 Å². The number of para-hydroxylation sites is 1. The maximum Gasteiger partial charge on any atom is 0.411 e. The van der Waals surface area contributed by atoms with Gasteiger partial charge in [-0.05, 0) is 37.0 Å². The van der Waals surface area contributed by atoms with Crippen molar-refractivity contribution in [1.29, 1.82) is 0 Å². The van der Waals surface area contributed by atoms with E-state index in [1.165, 1.54) is 11.1 Å². The highest BCUT2D eigenvalue weighted by Crippen LogP contribution is 2.28. The first-order valence-electron chi connectivity index (χ1n) is 10.6. The molecule has 0 aliphatic carbocycles. The lowest BCUT2D eigenvalue weighted by Gasteiger charge is -2.31. The van der Waals surface area contributed by atoms with E-state index in [1.54, 1.807) is 0 Å². The number of piperidine rings is 1. The Labute approximate surface area is 178 Å². The summed E-state index contributed by atoms with van der Waals surface area (Å²) in [7, 11) is 0. The molecule has 0 aromatic heterocycles. The molecule has 1 aliphatic rings. The topological polar surface area (TPSA) is 41.6 Å². The van der Waals surface area contributed by atoms with E-state index in [0.717, 1.165) is 49.3 Å². The zero-order valence-electron chi connectivity index (χ0n) is 17.4. The highest BCUT2D eigenvalue weighted by atomic mass is 16.6. The van der Waals surface area contributed by atoms with Gasteiger partial charge in [-0.2, -0.15) is 0 Å². The van der Waals surface area contributed by atoms with Crippen LogP contribution in [0.2, 0.25) is 0 Å². The molecule has 4 nitrogen and oxygen atoms in total. The fourth-order valence-corrected chi connectivity index (χ4v) is 4.01. The Bertz CT molecular complexity index is 979. The Morgan fingerprint density at radius 3 is 2.47 bits per heavy atom. The van der Waals surface area contributed by atoms with Gasteiger partial charge in [0.25, 0.3) is 0 Å². The number of amides is 1. The van der Waals surface area contributed by atoms with Gasteiger partial charge in [0.1, 0.15) is 6.10 Å². The Morgan fingerprint density at radius 2 is 1.70 bits per heavy atom. The summed E-state index contributed by atoms with van der Waals surface area (Å²) in [5.74, 6) is 0. The minimum absolute atomic E-state index is 0.0392. The number of rotatable bonds is 5. The number of nitrogens with one attached hydrogen (secondary N) is 1. The summed E-state index contributed by atoms with van der Waals surface area (Å²) in [5, 5.41) is 2.94. The lowest BCUT2D eigenvalue weighted by molar-refractivity contribution is 0.0567. The lowest BCUT2D eigenvalue weighted by atomic mass is 10.0. The fraction of sp³-hybridized carbons (Fsp3) is 0.269. The molecule has 0 atom stereocenters. The van der Waals surface area contributed by atoms with Crippen LogP contribution in [0.15, 0.2) is 78.9 Å². The van der Waals surface area contributed by atoms with Crippen LogP contribution in [-0.2, 0) is 11.3 Å². The highest BCUT2D eigenvalue weighted by molar-refractivity contribution is 5.91. The third-order valence-corrected chi connectivity index (χ3v) is 5.55.